The smallest absolute Gasteiger partial charge is 0.346 e. The maximum absolute atomic E-state index is 13.4. The molecule has 1 aliphatic heterocycles. The van der Waals surface area contributed by atoms with Gasteiger partial charge >= 0.3 is 12.1 Å². The van der Waals surface area contributed by atoms with E-state index in [2.05, 4.69) is 0 Å². The Morgan fingerprint density at radius 3 is 2.38 bits per heavy atom. The Morgan fingerprint density at radius 1 is 1.25 bits per heavy atom. The molecule has 7 heteroatoms. The van der Waals surface area contributed by atoms with Crippen LogP contribution in [0.1, 0.15) is 0 Å². The van der Waals surface area contributed by atoms with Crippen LogP contribution in [-0.4, -0.2) is 68.9 Å². The molecule has 0 aromatic rings. The largest absolute Gasteiger partial charge is 0.383 e. The van der Waals surface area contributed by atoms with Crippen LogP contribution in [0.2, 0.25) is 0 Å². The number of hydrogen-bond donors (Lipinski definition) is 0. The topological polar surface area (TPSA) is 42.0 Å². The van der Waals surface area contributed by atoms with E-state index in [0.717, 1.165) is 4.90 Å². The minimum Gasteiger partial charge on any atom is -0.383 e. The van der Waals surface area contributed by atoms with Crippen molar-refractivity contribution in [1.29, 1.82) is 0 Å². The molecule has 0 saturated carbocycles. The molecule has 1 rings (SSSR count). The summed E-state index contributed by atoms with van der Waals surface area (Å²) in [5.74, 6) is 0. The van der Waals surface area contributed by atoms with Crippen molar-refractivity contribution in [1.82, 2.24) is 9.80 Å². The highest BCUT2D eigenvalue weighted by Gasteiger charge is 2.50. The first-order chi connectivity index (χ1) is 7.53. The number of carbonyl (C=O) groups excluding carboxylic acids is 1. The molecule has 16 heavy (non-hydrogen) atoms. The third kappa shape index (κ3) is 2.79. The van der Waals surface area contributed by atoms with Crippen molar-refractivity contribution in [3.63, 3.8) is 0 Å². The molecule has 1 saturated heterocycles. The van der Waals surface area contributed by atoms with E-state index in [1.54, 1.807) is 0 Å². The van der Waals surface area contributed by atoms with Gasteiger partial charge < -0.3 is 14.4 Å². The average molecular weight is 238 g/mol. The maximum Gasteiger partial charge on any atom is 0.346 e. The van der Waals surface area contributed by atoms with Gasteiger partial charge in [0.25, 0.3) is 0 Å². The van der Waals surface area contributed by atoms with Gasteiger partial charge in [0.1, 0.15) is 6.54 Å². The van der Waals surface area contributed by atoms with Gasteiger partial charge in [-0.25, -0.2) is 4.79 Å². The fourth-order valence-electron chi connectivity index (χ4n) is 1.51. The molecule has 0 unspecified atom stereocenters. The molecule has 0 aromatic carbocycles. The summed E-state index contributed by atoms with van der Waals surface area (Å²) in [4.78, 5) is 13.2. The summed E-state index contributed by atoms with van der Waals surface area (Å²) >= 11 is 0. The van der Waals surface area contributed by atoms with E-state index in [-0.39, 0.29) is 26.3 Å². The molecule has 94 valence electrons. The minimum absolute atomic E-state index is 0.0967. The van der Waals surface area contributed by atoms with Crippen LogP contribution in [0.15, 0.2) is 0 Å². The Bertz CT molecular complexity index is 251. The molecule has 0 spiro atoms. The molecule has 0 aliphatic carbocycles. The van der Waals surface area contributed by atoms with Crippen molar-refractivity contribution in [2.45, 2.75) is 6.05 Å². The number of nitrogens with zero attached hydrogens (tertiary/aromatic N) is 2. The highest BCUT2D eigenvalue weighted by atomic mass is 19.3. The van der Waals surface area contributed by atoms with E-state index >= 15 is 0 Å². The third-order valence-electron chi connectivity index (χ3n) is 2.36. The van der Waals surface area contributed by atoms with Crippen LogP contribution < -0.4 is 0 Å². The van der Waals surface area contributed by atoms with Crippen LogP contribution >= 0.6 is 0 Å². The second kappa shape index (κ2) is 5.40. The number of urea groups is 1. The lowest BCUT2D eigenvalue weighted by Gasteiger charge is -2.21. The predicted octanol–water partition coefficient (Wildman–Crippen LogP) is 0.610. The summed E-state index contributed by atoms with van der Waals surface area (Å²) < 4.78 is 36.3. The van der Waals surface area contributed by atoms with E-state index in [1.807, 2.05) is 0 Å². The quantitative estimate of drug-likeness (QED) is 0.637. The van der Waals surface area contributed by atoms with Crippen LogP contribution in [0.4, 0.5) is 13.6 Å². The highest BCUT2D eigenvalue weighted by molar-refractivity contribution is 5.77. The third-order valence-corrected chi connectivity index (χ3v) is 2.36. The van der Waals surface area contributed by atoms with Gasteiger partial charge in [0, 0.05) is 20.8 Å². The molecule has 1 heterocycles. The Balaban J connectivity index is 2.59. The summed E-state index contributed by atoms with van der Waals surface area (Å²) in [6.45, 7) is -0.168. The average Bonchev–Trinajstić information content (AvgIpc) is 2.44. The van der Waals surface area contributed by atoms with Crippen molar-refractivity contribution in [3.05, 3.63) is 0 Å². The number of ether oxygens (including phenoxy) is 2. The Morgan fingerprint density at radius 2 is 1.81 bits per heavy atom. The van der Waals surface area contributed by atoms with E-state index in [1.165, 1.54) is 14.2 Å². The molecule has 1 aliphatic rings. The molecule has 1 fully saturated rings. The van der Waals surface area contributed by atoms with Gasteiger partial charge in [-0.15, -0.1) is 0 Å². The molecule has 0 aromatic heterocycles. The van der Waals surface area contributed by atoms with E-state index in [4.69, 9.17) is 9.47 Å². The SMILES string of the molecule is COCCN1CC(F)(F)N(CCOC)C1=O. The maximum atomic E-state index is 13.4. The highest BCUT2D eigenvalue weighted by Crippen LogP contribution is 2.28. The zero-order chi connectivity index (χ0) is 12.2. The van der Waals surface area contributed by atoms with Crippen molar-refractivity contribution in [2.75, 3.05) is 47.1 Å². The second-order valence-corrected chi connectivity index (χ2v) is 3.51. The van der Waals surface area contributed by atoms with E-state index in [0.29, 0.717) is 4.90 Å². The number of methoxy groups -OCH3 is 2. The summed E-state index contributed by atoms with van der Waals surface area (Å²) in [5, 5.41) is 0. The number of carbonyl (C=O) groups is 1. The standard InChI is InChI=1S/C9H16F2N2O3/c1-15-5-3-12-7-9(10,11)13(8(12)14)4-6-16-2/h3-7H2,1-2H3. The zero-order valence-electron chi connectivity index (χ0n) is 9.41. The number of alkyl halides is 2. The van der Waals surface area contributed by atoms with Gasteiger partial charge in [0.2, 0.25) is 0 Å². The summed E-state index contributed by atoms with van der Waals surface area (Å²) in [7, 11) is 2.86. The van der Waals surface area contributed by atoms with E-state index < -0.39 is 18.6 Å². The number of amides is 2. The van der Waals surface area contributed by atoms with Gasteiger partial charge in [-0.3, -0.25) is 4.90 Å². The molecule has 0 atom stereocenters. The minimum atomic E-state index is -3.12. The molecule has 2 amide bonds. The molecule has 5 nitrogen and oxygen atoms in total. The van der Waals surface area contributed by atoms with Gasteiger partial charge in [-0.1, -0.05) is 0 Å². The molecule has 0 bridgehead atoms. The van der Waals surface area contributed by atoms with Crippen molar-refractivity contribution < 1.29 is 23.0 Å². The lowest BCUT2D eigenvalue weighted by molar-refractivity contribution is -0.0994. The Kier molecular flexibility index (Phi) is 4.43. The first-order valence-electron chi connectivity index (χ1n) is 4.95. The zero-order valence-corrected chi connectivity index (χ0v) is 9.41. The number of rotatable bonds is 6. The lowest BCUT2D eigenvalue weighted by Crippen LogP contribution is -2.41. The van der Waals surface area contributed by atoms with Crippen molar-refractivity contribution in [2.24, 2.45) is 0 Å². The van der Waals surface area contributed by atoms with E-state index in [9.17, 15) is 13.6 Å². The van der Waals surface area contributed by atoms with Crippen LogP contribution in [0.5, 0.6) is 0 Å². The lowest BCUT2D eigenvalue weighted by atomic mass is 10.5. The normalized spacial score (nSPS) is 19.6. The van der Waals surface area contributed by atoms with Crippen molar-refractivity contribution >= 4 is 6.03 Å². The van der Waals surface area contributed by atoms with Gasteiger partial charge in [-0.2, -0.15) is 8.78 Å². The predicted molar refractivity (Wildman–Crippen MR) is 52.4 cm³/mol. The van der Waals surface area contributed by atoms with Crippen molar-refractivity contribution in [3.8, 4) is 0 Å². The van der Waals surface area contributed by atoms with Gasteiger partial charge in [-0.05, 0) is 0 Å². The van der Waals surface area contributed by atoms with Crippen LogP contribution in [0, 0.1) is 0 Å². The summed E-state index contributed by atoms with van der Waals surface area (Å²) in [5.41, 5.74) is 0. The molecular weight excluding hydrogens is 222 g/mol. The van der Waals surface area contributed by atoms with Gasteiger partial charge in [0.15, 0.2) is 0 Å². The molecular formula is C9H16F2N2O3. The van der Waals surface area contributed by atoms with Crippen LogP contribution in [0.3, 0.4) is 0 Å². The van der Waals surface area contributed by atoms with Gasteiger partial charge in [0.05, 0.1) is 19.8 Å². The fraction of sp³-hybridized carbons (Fsp3) is 0.889. The second-order valence-electron chi connectivity index (χ2n) is 3.51. The first-order valence-corrected chi connectivity index (χ1v) is 4.95. The number of halogens is 2. The Labute approximate surface area is 92.9 Å². The molecule has 0 radical (unpaired) electrons. The summed E-state index contributed by atoms with van der Waals surface area (Å²) in [6, 6.07) is -3.79. The number of hydrogen-bond acceptors (Lipinski definition) is 3. The fourth-order valence-corrected chi connectivity index (χ4v) is 1.51. The van der Waals surface area contributed by atoms with Crippen LogP contribution in [0.25, 0.3) is 0 Å². The summed E-state index contributed by atoms with van der Waals surface area (Å²) in [6.07, 6.45) is 0. The van der Waals surface area contributed by atoms with Crippen LogP contribution in [-0.2, 0) is 9.47 Å². The molecule has 0 N–H and O–H groups in total. The first kappa shape index (κ1) is 13.1. The monoisotopic (exact) mass is 238 g/mol. The Hall–Kier alpha value is -0.950.